The predicted molar refractivity (Wildman–Crippen MR) is 95.4 cm³/mol. The molecule has 20 heavy (non-hydrogen) atoms. The van der Waals surface area contributed by atoms with Gasteiger partial charge in [-0.05, 0) is 77.3 Å². The van der Waals surface area contributed by atoms with E-state index >= 15 is 0 Å². The Hall–Kier alpha value is -0.0500. The van der Waals surface area contributed by atoms with E-state index in [1.165, 1.54) is 74.2 Å². The highest BCUT2D eigenvalue weighted by molar-refractivity contribution is 14.1. The van der Waals surface area contributed by atoms with Gasteiger partial charge >= 0.3 is 0 Å². The Morgan fingerprint density at radius 3 is 1.90 bits per heavy atom. The quantitative estimate of drug-likeness (QED) is 0.391. The second-order valence-corrected chi connectivity index (χ2v) is 7.93. The first-order chi connectivity index (χ1) is 9.86. The number of hydrogen-bond donors (Lipinski definition) is 0. The number of benzene rings is 1. The molecule has 2 saturated carbocycles. The van der Waals surface area contributed by atoms with Gasteiger partial charge in [-0.25, -0.2) is 0 Å². The summed E-state index contributed by atoms with van der Waals surface area (Å²) in [4.78, 5) is 0. The fraction of sp³-hybridized carbons (Fsp3) is 0.684. The van der Waals surface area contributed by atoms with Gasteiger partial charge in [0.2, 0.25) is 0 Å². The first-order valence-corrected chi connectivity index (χ1v) is 9.72. The van der Waals surface area contributed by atoms with Crippen molar-refractivity contribution in [3.8, 4) is 0 Å². The summed E-state index contributed by atoms with van der Waals surface area (Å²) >= 11 is 2.59. The van der Waals surface area contributed by atoms with Crippen LogP contribution in [0, 0.1) is 3.57 Å². The third-order valence-electron chi connectivity index (χ3n) is 5.40. The molecule has 1 heteroatoms. The van der Waals surface area contributed by atoms with Gasteiger partial charge in [0.1, 0.15) is 0 Å². The molecule has 0 bridgehead atoms. The Morgan fingerprint density at radius 1 is 0.700 bits per heavy atom. The van der Waals surface area contributed by atoms with Crippen molar-refractivity contribution in [1.82, 2.24) is 0 Å². The minimum absolute atomic E-state index is 0.851. The SMILES string of the molecule is Ic1cccc(C2CCCCCC2)c1C1CCCCC1. The van der Waals surface area contributed by atoms with Crippen molar-refractivity contribution in [2.24, 2.45) is 0 Å². The zero-order chi connectivity index (χ0) is 13.8. The molecular weight excluding hydrogens is 355 g/mol. The maximum Gasteiger partial charge on any atom is 0.0168 e. The van der Waals surface area contributed by atoms with E-state index in [0.29, 0.717) is 0 Å². The summed E-state index contributed by atoms with van der Waals surface area (Å²) in [6, 6.07) is 7.10. The van der Waals surface area contributed by atoms with Gasteiger partial charge < -0.3 is 0 Å². The standard InChI is InChI=1S/C19H27I/c20-18-14-8-13-17(15-9-4-1-2-5-10-15)19(18)16-11-6-3-7-12-16/h8,13-16H,1-7,9-12H2. The van der Waals surface area contributed by atoms with Crippen molar-refractivity contribution in [1.29, 1.82) is 0 Å². The van der Waals surface area contributed by atoms with Crippen LogP contribution in [-0.4, -0.2) is 0 Å². The lowest BCUT2D eigenvalue weighted by atomic mass is 9.78. The molecule has 2 aliphatic rings. The molecule has 0 heterocycles. The number of rotatable bonds is 2. The molecule has 0 N–H and O–H groups in total. The van der Waals surface area contributed by atoms with E-state index in [2.05, 4.69) is 40.8 Å². The number of hydrogen-bond acceptors (Lipinski definition) is 0. The van der Waals surface area contributed by atoms with E-state index in [-0.39, 0.29) is 0 Å². The van der Waals surface area contributed by atoms with Gasteiger partial charge in [-0.2, -0.15) is 0 Å². The number of halogens is 1. The van der Waals surface area contributed by atoms with Crippen molar-refractivity contribution >= 4 is 22.6 Å². The summed E-state index contributed by atoms with van der Waals surface area (Å²) in [6.45, 7) is 0. The summed E-state index contributed by atoms with van der Waals surface area (Å²) in [6.07, 6.45) is 15.9. The Morgan fingerprint density at radius 2 is 1.25 bits per heavy atom. The lowest BCUT2D eigenvalue weighted by molar-refractivity contribution is 0.436. The van der Waals surface area contributed by atoms with Crippen LogP contribution in [0.3, 0.4) is 0 Å². The summed E-state index contributed by atoms with van der Waals surface area (Å²) in [5.41, 5.74) is 3.48. The third-order valence-corrected chi connectivity index (χ3v) is 6.34. The average Bonchev–Trinajstić information content (AvgIpc) is 2.77. The van der Waals surface area contributed by atoms with Crippen molar-refractivity contribution in [2.45, 2.75) is 82.5 Å². The highest BCUT2D eigenvalue weighted by Gasteiger charge is 2.24. The molecule has 1 aromatic carbocycles. The molecule has 0 unspecified atom stereocenters. The van der Waals surface area contributed by atoms with Crippen LogP contribution in [0.25, 0.3) is 0 Å². The van der Waals surface area contributed by atoms with Crippen molar-refractivity contribution in [3.63, 3.8) is 0 Å². The van der Waals surface area contributed by atoms with Crippen LogP contribution in [-0.2, 0) is 0 Å². The van der Waals surface area contributed by atoms with Gasteiger partial charge in [-0.15, -0.1) is 0 Å². The Kier molecular flexibility index (Phi) is 5.42. The van der Waals surface area contributed by atoms with Gasteiger partial charge in [0, 0.05) is 3.57 Å². The van der Waals surface area contributed by atoms with Crippen molar-refractivity contribution < 1.29 is 0 Å². The maximum atomic E-state index is 2.59. The first kappa shape index (κ1) is 14.9. The molecule has 0 spiro atoms. The van der Waals surface area contributed by atoms with E-state index in [4.69, 9.17) is 0 Å². The molecule has 2 aliphatic carbocycles. The fourth-order valence-corrected chi connectivity index (χ4v) is 5.28. The molecule has 0 saturated heterocycles. The van der Waals surface area contributed by atoms with E-state index < -0.39 is 0 Å². The topological polar surface area (TPSA) is 0 Å². The van der Waals surface area contributed by atoms with Crippen LogP contribution >= 0.6 is 22.6 Å². The minimum atomic E-state index is 0.851. The first-order valence-electron chi connectivity index (χ1n) is 8.64. The van der Waals surface area contributed by atoms with E-state index in [0.717, 1.165) is 11.8 Å². The second kappa shape index (κ2) is 7.29. The Labute approximate surface area is 137 Å². The lowest BCUT2D eigenvalue weighted by Crippen LogP contribution is -2.12. The minimum Gasteiger partial charge on any atom is -0.0609 e. The van der Waals surface area contributed by atoms with Crippen LogP contribution in [0.2, 0.25) is 0 Å². The molecule has 0 amide bonds. The summed E-state index contributed by atoms with van der Waals surface area (Å²) in [7, 11) is 0. The molecule has 0 nitrogen and oxygen atoms in total. The molecule has 3 rings (SSSR count). The second-order valence-electron chi connectivity index (χ2n) is 6.77. The highest BCUT2D eigenvalue weighted by atomic mass is 127. The monoisotopic (exact) mass is 382 g/mol. The van der Waals surface area contributed by atoms with Crippen LogP contribution in [0.4, 0.5) is 0 Å². The maximum absolute atomic E-state index is 2.59. The highest BCUT2D eigenvalue weighted by Crippen LogP contribution is 2.42. The van der Waals surface area contributed by atoms with Gasteiger partial charge in [-0.3, -0.25) is 0 Å². The average molecular weight is 382 g/mol. The molecule has 110 valence electrons. The largest absolute Gasteiger partial charge is 0.0609 e. The molecule has 2 fully saturated rings. The molecular formula is C19H27I. The van der Waals surface area contributed by atoms with Crippen LogP contribution in [0.1, 0.15) is 93.6 Å². The van der Waals surface area contributed by atoms with Gasteiger partial charge in [0.05, 0.1) is 0 Å². The summed E-state index contributed by atoms with van der Waals surface area (Å²) in [5.74, 6) is 1.71. The van der Waals surface area contributed by atoms with Crippen molar-refractivity contribution in [3.05, 3.63) is 32.9 Å². The van der Waals surface area contributed by atoms with E-state index in [1.807, 2.05) is 0 Å². The lowest BCUT2D eigenvalue weighted by Gasteiger charge is -2.28. The Balaban J connectivity index is 1.90. The van der Waals surface area contributed by atoms with Gasteiger partial charge in [-0.1, -0.05) is 57.1 Å². The van der Waals surface area contributed by atoms with E-state index in [1.54, 1.807) is 11.1 Å². The fourth-order valence-electron chi connectivity index (χ4n) is 4.32. The smallest absolute Gasteiger partial charge is 0.0168 e. The summed E-state index contributed by atoms with van der Waals surface area (Å²) < 4.78 is 1.54. The summed E-state index contributed by atoms with van der Waals surface area (Å²) in [5, 5.41) is 0. The molecule has 0 atom stereocenters. The Bertz CT molecular complexity index is 423. The van der Waals surface area contributed by atoms with Crippen molar-refractivity contribution in [2.75, 3.05) is 0 Å². The molecule has 0 aliphatic heterocycles. The van der Waals surface area contributed by atoms with Crippen LogP contribution < -0.4 is 0 Å². The van der Waals surface area contributed by atoms with E-state index in [9.17, 15) is 0 Å². The molecule has 1 aromatic rings. The molecule has 0 aromatic heterocycles. The van der Waals surface area contributed by atoms with Gasteiger partial charge in [0.25, 0.3) is 0 Å². The zero-order valence-electron chi connectivity index (χ0n) is 12.5. The normalized spacial score (nSPS) is 22.6. The van der Waals surface area contributed by atoms with Crippen LogP contribution in [0.15, 0.2) is 18.2 Å². The third kappa shape index (κ3) is 3.40. The zero-order valence-corrected chi connectivity index (χ0v) is 14.7. The van der Waals surface area contributed by atoms with Crippen LogP contribution in [0.5, 0.6) is 0 Å². The van der Waals surface area contributed by atoms with Gasteiger partial charge in [0.15, 0.2) is 0 Å². The predicted octanol–water partition coefficient (Wildman–Crippen LogP) is 6.78. The molecule has 0 radical (unpaired) electrons.